The number of nitrogens with zero attached hydrogens (tertiary/aromatic N) is 1. The number of benzene rings is 2. The van der Waals surface area contributed by atoms with Crippen LogP contribution in [-0.4, -0.2) is 18.6 Å². The highest BCUT2D eigenvalue weighted by Gasteiger charge is 2.20. The van der Waals surface area contributed by atoms with E-state index in [9.17, 15) is 13.2 Å². The Morgan fingerprint density at radius 3 is 2.33 bits per heavy atom. The molecule has 0 spiro atoms. The maximum Gasteiger partial charge on any atom is 0.339 e. The second-order valence-electron chi connectivity index (χ2n) is 7.07. The smallest absolute Gasteiger partial charge is 0.339 e. The molecule has 0 N–H and O–H groups in total. The molecule has 0 saturated heterocycles. The number of hydrogen-bond donors (Lipinski definition) is 0. The number of carbonyl (C=O) groups is 1. The Morgan fingerprint density at radius 1 is 0.967 bits per heavy atom. The standard InChI is InChI=1S/C24H21NO4S/c1-3-18-16-20-6-4-5-15-25(20)23(18)24(26)19-9-11-21(12-10-19)29-30(27,28)22-13-7-17(2)8-14-22/h4-16H,3H2,1-2H3. The van der Waals surface area contributed by atoms with Gasteiger partial charge in [0.15, 0.2) is 0 Å². The van der Waals surface area contributed by atoms with E-state index >= 15 is 0 Å². The van der Waals surface area contributed by atoms with Gasteiger partial charge in [-0.25, -0.2) is 0 Å². The minimum atomic E-state index is -3.93. The van der Waals surface area contributed by atoms with Crippen LogP contribution in [0.1, 0.15) is 34.1 Å². The number of fused-ring (bicyclic) bond motifs is 1. The fourth-order valence-corrected chi connectivity index (χ4v) is 4.31. The van der Waals surface area contributed by atoms with Gasteiger partial charge in [-0.3, -0.25) is 4.79 Å². The zero-order valence-corrected chi connectivity index (χ0v) is 17.5. The molecule has 2 aromatic carbocycles. The molecule has 0 bridgehead atoms. The minimum absolute atomic E-state index is 0.0838. The lowest BCUT2D eigenvalue weighted by molar-refractivity contribution is 0.103. The maximum atomic E-state index is 13.2. The fraction of sp³-hybridized carbons (Fsp3) is 0.125. The van der Waals surface area contributed by atoms with E-state index in [1.165, 1.54) is 24.3 Å². The lowest BCUT2D eigenvalue weighted by atomic mass is 10.0. The van der Waals surface area contributed by atoms with Gasteiger partial charge in [0.25, 0.3) is 0 Å². The molecule has 5 nitrogen and oxygen atoms in total. The highest BCUT2D eigenvalue weighted by atomic mass is 32.2. The van der Waals surface area contributed by atoms with E-state index in [2.05, 4.69) is 0 Å². The molecule has 0 fully saturated rings. The molecule has 30 heavy (non-hydrogen) atoms. The van der Waals surface area contributed by atoms with Crippen LogP contribution in [0.25, 0.3) is 5.52 Å². The molecule has 6 heteroatoms. The first-order valence-corrected chi connectivity index (χ1v) is 11.0. The Balaban J connectivity index is 1.61. The molecule has 0 aliphatic heterocycles. The highest BCUT2D eigenvalue weighted by molar-refractivity contribution is 7.87. The SMILES string of the molecule is CCc1cc2ccccn2c1C(=O)c1ccc(OS(=O)(=O)c2ccc(C)cc2)cc1. The number of aryl methyl sites for hydroxylation is 2. The maximum absolute atomic E-state index is 13.2. The van der Waals surface area contributed by atoms with E-state index in [1.807, 2.05) is 48.7 Å². The van der Waals surface area contributed by atoms with Crippen molar-refractivity contribution >= 4 is 21.4 Å². The quantitative estimate of drug-likeness (QED) is 0.332. The Bertz CT molecular complexity index is 1320. The molecule has 0 aliphatic carbocycles. The highest BCUT2D eigenvalue weighted by Crippen LogP contribution is 2.24. The van der Waals surface area contributed by atoms with Crippen molar-refractivity contribution in [2.75, 3.05) is 0 Å². The van der Waals surface area contributed by atoms with Gasteiger partial charge in [0.2, 0.25) is 5.78 Å². The lowest BCUT2D eigenvalue weighted by Gasteiger charge is -2.09. The van der Waals surface area contributed by atoms with Gasteiger partial charge in [-0.15, -0.1) is 0 Å². The summed E-state index contributed by atoms with van der Waals surface area (Å²) in [5.41, 5.74) is 3.97. The van der Waals surface area contributed by atoms with Gasteiger partial charge in [-0.1, -0.05) is 30.7 Å². The zero-order valence-electron chi connectivity index (χ0n) is 16.7. The molecule has 0 amide bonds. The Hall–Kier alpha value is -3.38. The summed E-state index contributed by atoms with van der Waals surface area (Å²) in [5, 5.41) is 0. The van der Waals surface area contributed by atoms with Crippen molar-refractivity contribution < 1.29 is 17.4 Å². The number of ketones is 1. The van der Waals surface area contributed by atoms with Crippen molar-refractivity contribution in [1.29, 1.82) is 0 Å². The molecule has 2 aromatic heterocycles. The molecule has 0 saturated carbocycles. The first-order chi connectivity index (χ1) is 14.4. The van der Waals surface area contributed by atoms with Gasteiger partial charge in [0.05, 0.1) is 5.69 Å². The third-order valence-corrected chi connectivity index (χ3v) is 6.25. The van der Waals surface area contributed by atoms with Crippen molar-refractivity contribution in [3.05, 3.63) is 101 Å². The summed E-state index contributed by atoms with van der Waals surface area (Å²) in [4.78, 5) is 13.3. The van der Waals surface area contributed by atoms with E-state index in [1.54, 1.807) is 24.3 Å². The predicted octanol–water partition coefficient (Wildman–Crippen LogP) is 4.81. The number of hydrogen-bond acceptors (Lipinski definition) is 4. The second-order valence-corrected chi connectivity index (χ2v) is 8.62. The van der Waals surface area contributed by atoms with E-state index in [-0.39, 0.29) is 16.4 Å². The van der Waals surface area contributed by atoms with Crippen molar-refractivity contribution in [2.45, 2.75) is 25.2 Å². The van der Waals surface area contributed by atoms with E-state index in [4.69, 9.17) is 4.18 Å². The molecule has 4 rings (SSSR count). The lowest BCUT2D eigenvalue weighted by Crippen LogP contribution is -2.10. The average molecular weight is 420 g/mol. The molecule has 2 heterocycles. The summed E-state index contributed by atoms with van der Waals surface area (Å²) in [7, 11) is -3.93. The van der Waals surface area contributed by atoms with Crippen molar-refractivity contribution in [3.63, 3.8) is 0 Å². The normalized spacial score (nSPS) is 11.5. The number of carbonyl (C=O) groups excluding carboxylic acids is 1. The molecule has 152 valence electrons. The largest absolute Gasteiger partial charge is 0.379 e. The Kier molecular flexibility index (Phi) is 5.18. The summed E-state index contributed by atoms with van der Waals surface area (Å²) in [6.45, 7) is 3.89. The molecular weight excluding hydrogens is 398 g/mol. The number of pyridine rings is 1. The first-order valence-electron chi connectivity index (χ1n) is 9.64. The first kappa shape index (κ1) is 19.9. The average Bonchev–Trinajstić information content (AvgIpc) is 3.12. The third-order valence-electron chi connectivity index (χ3n) is 4.99. The predicted molar refractivity (Wildman–Crippen MR) is 116 cm³/mol. The Morgan fingerprint density at radius 2 is 1.67 bits per heavy atom. The van der Waals surface area contributed by atoms with Gasteiger partial charge in [0, 0.05) is 17.3 Å². The van der Waals surface area contributed by atoms with Crippen LogP contribution >= 0.6 is 0 Å². The second kappa shape index (κ2) is 7.80. The van der Waals surface area contributed by atoms with Gasteiger partial charge in [0.1, 0.15) is 10.6 Å². The van der Waals surface area contributed by atoms with Crippen LogP contribution in [0.2, 0.25) is 0 Å². The Labute approximate surface area is 175 Å². The van der Waals surface area contributed by atoms with E-state index < -0.39 is 10.1 Å². The molecule has 0 atom stereocenters. The molecule has 4 aromatic rings. The molecular formula is C24H21NO4S. The van der Waals surface area contributed by atoms with Crippen LogP contribution in [0.15, 0.2) is 83.9 Å². The summed E-state index contributed by atoms with van der Waals surface area (Å²) in [6, 6.07) is 20.4. The van der Waals surface area contributed by atoms with Crippen LogP contribution < -0.4 is 4.18 Å². The zero-order chi connectivity index (χ0) is 21.3. The van der Waals surface area contributed by atoms with Crippen LogP contribution in [-0.2, 0) is 16.5 Å². The van der Waals surface area contributed by atoms with Crippen molar-refractivity contribution in [1.82, 2.24) is 4.40 Å². The van der Waals surface area contributed by atoms with Crippen molar-refractivity contribution in [3.8, 4) is 5.75 Å². The van der Waals surface area contributed by atoms with Gasteiger partial charge in [-0.05, 0) is 73.5 Å². The van der Waals surface area contributed by atoms with Crippen LogP contribution in [0.3, 0.4) is 0 Å². The molecule has 0 radical (unpaired) electrons. The van der Waals surface area contributed by atoms with E-state index in [0.29, 0.717) is 11.3 Å². The summed E-state index contributed by atoms with van der Waals surface area (Å²) in [6.07, 6.45) is 2.60. The van der Waals surface area contributed by atoms with Gasteiger partial charge >= 0.3 is 10.1 Å². The van der Waals surface area contributed by atoms with Crippen LogP contribution in [0, 0.1) is 6.92 Å². The summed E-state index contributed by atoms with van der Waals surface area (Å²) < 4.78 is 32.0. The topological polar surface area (TPSA) is 64.8 Å². The van der Waals surface area contributed by atoms with Crippen LogP contribution in [0.5, 0.6) is 5.75 Å². The number of rotatable bonds is 6. The monoisotopic (exact) mass is 419 g/mol. The minimum Gasteiger partial charge on any atom is -0.379 e. The fourth-order valence-electron chi connectivity index (χ4n) is 3.38. The van der Waals surface area contributed by atoms with Gasteiger partial charge < -0.3 is 8.58 Å². The van der Waals surface area contributed by atoms with Crippen molar-refractivity contribution in [2.24, 2.45) is 0 Å². The van der Waals surface area contributed by atoms with Crippen LogP contribution in [0.4, 0.5) is 0 Å². The molecule has 0 aliphatic rings. The van der Waals surface area contributed by atoms with Gasteiger partial charge in [-0.2, -0.15) is 8.42 Å². The summed E-state index contributed by atoms with van der Waals surface area (Å²) in [5.74, 6) is 0.0360. The van der Waals surface area contributed by atoms with E-state index in [0.717, 1.165) is 23.1 Å². The number of aromatic nitrogens is 1. The summed E-state index contributed by atoms with van der Waals surface area (Å²) >= 11 is 0. The molecule has 0 unspecified atom stereocenters. The third kappa shape index (κ3) is 3.74.